The van der Waals surface area contributed by atoms with Crippen LogP contribution < -0.4 is 0 Å². The molecule has 26 heavy (non-hydrogen) atoms. The second kappa shape index (κ2) is 5.16. The van der Waals surface area contributed by atoms with Crippen molar-refractivity contribution in [2.45, 2.75) is 31.6 Å². The van der Waals surface area contributed by atoms with Crippen molar-refractivity contribution in [2.75, 3.05) is 0 Å². The van der Waals surface area contributed by atoms with Crippen molar-refractivity contribution in [3.05, 3.63) is 70.8 Å². The molecule has 0 aliphatic heterocycles. The Hall–Kier alpha value is -2.22. The fourth-order valence-corrected chi connectivity index (χ4v) is 6.92. The molecule has 130 valence electrons. The van der Waals surface area contributed by atoms with E-state index in [4.69, 9.17) is 0 Å². The number of carbonyl (C=O) groups is 2. The highest BCUT2D eigenvalue weighted by molar-refractivity contribution is 6.27. The van der Waals surface area contributed by atoms with Crippen LogP contribution in [-0.2, 0) is 6.42 Å². The van der Waals surface area contributed by atoms with E-state index in [2.05, 4.69) is 24.3 Å². The van der Waals surface area contributed by atoms with Gasteiger partial charge in [-0.25, -0.2) is 0 Å². The second-order valence-corrected chi connectivity index (χ2v) is 8.75. The van der Waals surface area contributed by atoms with E-state index in [1.165, 1.54) is 30.4 Å². The molecule has 0 saturated heterocycles. The number of ketones is 2. The Kier molecular flexibility index (Phi) is 2.95. The summed E-state index contributed by atoms with van der Waals surface area (Å²) < 4.78 is 0. The van der Waals surface area contributed by atoms with Crippen LogP contribution in [-0.4, -0.2) is 11.6 Å². The van der Waals surface area contributed by atoms with Crippen LogP contribution in [0.4, 0.5) is 0 Å². The van der Waals surface area contributed by atoms with Crippen molar-refractivity contribution in [3.63, 3.8) is 0 Å². The van der Waals surface area contributed by atoms with Gasteiger partial charge in [-0.3, -0.25) is 9.59 Å². The highest BCUT2D eigenvalue weighted by Crippen LogP contribution is 2.62. The number of hydrogen-bond donors (Lipinski definition) is 0. The average molecular weight is 342 g/mol. The van der Waals surface area contributed by atoms with E-state index < -0.39 is 5.92 Å². The molecular formula is C24H22O2. The lowest BCUT2D eigenvalue weighted by atomic mass is 9.59. The fraction of sp³-hybridized carbons (Fsp3) is 0.417. The molecule has 0 heterocycles. The third-order valence-electron chi connectivity index (χ3n) is 7.82. The Morgan fingerprint density at radius 3 is 2.19 bits per heavy atom. The largest absolute Gasteiger partial charge is 0.293 e. The first kappa shape index (κ1) is 14.9. The minimum Gasteiger partial charge on any atom is -0.293 e. The number of carbonyl (C=O) groups excluding carboxylic acids is 2. The summed E-state index contributed by atoms with van der Waals surface area (Å²) >= 11 is 0. The van der Waals surface area contributed by atoms with Gasteiger partial charge in [0.05, 0.1) is 5.92 Å². The zero-order valence-corrected chi connectivity index (χ0v) is 14.7. The third kappa shape index (κ3) is 1.78. The lowest BCUT2D eigenvalue weighted by Gasteiger charge is -2.44. The topological polar surface area (TPSA) is 34.1 Å². The zero-order chi connectivity index (χ0) is 17.4. The maximum Gasteiger partial charge on any atom is 0.175 e. The Morgan fingerprint density at radius 1 is 0.769 bits per heavy atom. The lowest BCUT2D eigenvalue weighted by Crippen LogP contribution is -2.40. The molecule has 2 aromatic rings. The van der Waals surface area contributed by atoms with Gasteiger partial charge in [0.2, 0.25) is 0 Å². The highest BCUT2D eigenvalue weighted by atomic mass is 16.2. The van der Waals surface area contributed by atoms with E-state index in [-0.39, 0.29) is 17.5 Å². The van der Waals surface area contributed by atoms with Crippen molar-refractivity contribution in [3.8, 4) is 0 Å². The molecule has 2 fully saturated rings. The molecular weight excluding hydrogens is 320 g/mol. The van der Waals surface area contributed by atoms with Crippen LogP contribution in [0.15, 0.2) is 48.5 Å². The lowest BCUT2D eigenvalue weighted by molar-refractivity contribution is 0.0714. The van der Waals surface area contributed by atoms with Crippen LogP contribution in [0.25, 0.3) is 0 Å². The van der Waals surface area contributed by atoms with E-state index in [9.17, 15) is 9.59 Å². The summed E-state index contributed by atoms with van der Waals surface area (Å²) in [6.45, 7) is 0. The summed E-state index contributed by atoms with van der Waals surface area (Å²) in [5, 5.41) is 0. The third-order valence-corrected chi connectivity index (χ3v) is 7.82. The summed E-state index contributed by atoms with van der Waals surface area (Å²) in [7, 11) is 0. The molecule has 2 aromatic carbocycles. The molecule has 2 heteroatoms. The van der Waals surface area contributed by atoms with E-state index >= 15 is 0 Å². The summed E-state index contributed by atoms with van der Waals surface area (Å²) in [5.41, 5.74) is 3.94. The Balaban J connectivity index is 1.52. The fourth-order valence-electron chi connectivity index (χ4n) is 6.92. The van der Waals surface area contributed by atoms with E-state index in [0.29, 0.717) is 28.9 Å². The van der Waals surface area contributed by atoms with Crippen molar-refractivity contribution in [2.24, 2.45) is 29.6 Å². The molecule has 2 unspecified atom stereocenters. The van der Waals surface area contributed by atoms with Crippen molar-refractivity contribution >= 4 is 11.6 Å². The summed E-state index contributed by atoms with van der Waals surface area (Å²) in [6, 6.07) is 16.0. The van der Waals surface area contributed by atoms with Gasteiger partial charge in [-0.15, -0.1) is 0 Å². The van der Waals surface area contributed by atoms with Gasteiger partial charge in [-0.2, -0.15) is 0 Å². The molecule has 0 spiro atoms. The first-order valence-electron chi connectivity index (χ1n) is 9.99. The maximum absolute atomic E-state index is 13.3. The van der Waals surface area contributed by atoms with Crippen LogP contribution >= 0.6 is 0 Å². The normalized spacial score (nSPS) is 34.7. The molecule has 4 aliphatic carbocycles. The number of hydrogen-bond acceptors (Lipinski definition) is 2. The summed E-state index contributed by atoms with van der Waals surface area (Å²) in [5.74, 6) is 2.38. The standard InChI is InChI=1S/C24H22O2/c25-23-17-7-3-4-8-18(17)24(26)22(23)21-16-6-2-1-5-13(16)12-19-14-9-10-15(11-14)20(19)21/h1-8,14-15,19-22H,9-12H2/t14?,15?,19-,20+,21-/m0/s1. The van der Waals surface area contributed by atoms with Crippen LogP contribution in [0.3, 0.4) is 0 Å². The average Bonchev–Trinajstić information content (AvgIpc) is 3.35. The Labute approximate surface area is 153 Å². The highest BCUT2D eigenvalue weighted by Gasteiger charge is 2.57. The molecule has 6 rings (SSSR count). The quantitative estimate of drug-likeness (QED) is 0.705. The predicted molar refractivity (Wildman–Crippen MR) is 99.3 cm³/mol. The van der Waals surface area contributed by atoms with Gasteiger partial charge in [0, 0.05) is 17.0 Å². The van der Waals surface area contributed by atoms with Crippen LogP contribution in [0, 0.1) is 29.6 Å². The van der Waals surface area contributed by atoms with Crippen molar-refractivity contribution in [1.29, 1.82) is 0 Å². The second-order valence-electron chi connectivity index (χ2n) is 8.75. The Bertz CT molecular complexity index is 908. The van der Waals surface area contributed by atoms with Gasteiger partial charge in [0.1, 0.15) is 0 Å². The van der Waals surface area contributed by atoms with Crippen molar-refractivity contribution in [1.82, 2.24) is 0 Å². The van der Waals surface area contributed by atoms with Gasteiger partial charge in [-0.1, -0.05) is 48.5 Å². The number of rotatable bonds is 1. The summed E-state index contributed by atoms with van der Waals surface area (Å²) in [4.78, 5) is 26.6. The molecule has 4 aliphatic rings. The van der Waals surface area contributed by atoms with Gasteiger partial charge >= 0.3 is 0 Å². The number of fused-ring (bicyclic) bond motifs is 7. The Morgan fingerprint density at radius 2 is 1.42 bits per heavy atom. The summed E-state index contributed by atoms with van der Waals surface area (Å²) in [6.07, 6.45) is 5.07. The van der Waals surface area contributed by atoms with Gasteiger partial charge in [-0.05, 0) is 60.5 Å². The zero-order valence-electron chi connectivity index (χ0n) is 14.7. The minimum absolute atomic E-state index is 0.0637. The first-order chi connectivity index (χ1) is 12.7. The van der Waals surface area contributed by atoms with E-state index in [1.54, 1.807) is 0 Å². The van der Waals surface area contributed by atoms with E-state index in [0.717, 1.165) is 12.3 Å². The van der Waals surface area contributed by atoms with E-state index in [1.807, 2.05) is 24.3 Å². The molecule has 0 N–H and O–H groups in total. The first-order valence-corrected chi connectivity index (χ1v) is 9.99. The molecule has 0 aromatic heterocycles. The molecule has 2 bridgehead atoms. The molecule has 0 amide bonds. The molecule has 2 saturated carbocycles. The predicted octanol–water partition coefficient (Wildman–Crippen LogP) is 4.68. The molecule has 0 radical (unpaired) electrons. The number of benzene rings is 2. The van der Waals surface area contributed by atoms with Crippen LogP contribution in [0.1, 0.15) is 57.0 Å². The smallest absolute Gasteiger partial charge is 0.175 e. The monoisotopic (exact) mass is 342 g/mol. The van der Waals surface area contributed by atoms with Crippen LogP contribution in [0.5, 0.6) is 0 Å². The minimum atomic E-state index is -0.499. The maximum atomic E-state index is 13.3. The molecule has 5 atom stereocenters. The van der Waals surface area contributed by atoms with Gasteiger partial charge in [0.15, 0.2) is 11.6 Å². The van der Waals surface area contributed by atoms with Gasteiger partial charge in [0.25, 0.3) is 0 Å². The van der Waals surface area contributed by atoms with Gasteiger partial charge < -0.3 is 0 Å². The molecule has 2 nitrogen and oxygen atoms in total. The van der Waals surface area contributed by atoms with Crippen LogP contribution in [0.2, 0.25) is 0 Å². The van der Waals surface area contributed by atoms with Crippen molar-refractivity contribution < 1.29 is 9.59 Å². The SMILES string of the molecule is O=C1c2ccccc2C(=O)C1[C@H]1c2ccccc2C[C@H]2C3CCC(C3)[C@@H]12. The number of Topliss-reactive ketones (excluding diaryl/α,β-unsaturated/α-hetero) is 2.